The Morgan fingerprint density at radius 1 is 1.00 bits per heavy atom. The Kier molecular flexibility index (Phi) is 7.51. The van der Waals surface area contributed by atoms with E-state index in [2.05, 4.69) is 15.3 Å². The number of nitrogens with one attached hydrogen (secondary N) is 2. The molecular formula is C31H27N7O2. The fourth-order valence-electron chi connectivity index (χ4n) is 4.38. The van der Waals surface area contributed by atoms with Crippen LogP contribution >= 0.6 is 0 Å². The van der Waals surface area contributed by atoms with Gasteiger partial charge in [-0.15, -0.1) is 0 Å². The molecule has 0 radical (unpaired) electrons. The minimum Gasteiger partial charge on any atom is -0.497 e. The molecule has 40 heavy (non-hydrogen) atoms. The number of nitrogens with zero attached hydrogens (tertiary/aromatic N) is 5. The van der Waals surface area contributed by atoms with Crippen molar-refractivity contribution in [1.82, 2.24) is 19.5 Å². The van der Waals surface area contributed by atoms with Crippen molar-refractivity contribution in [1.29, 1.82) is 10.7 Å². The summed E-state index contributed by atoms with van der Waals surface area (Å²) in [5.74, 6) is 2.16. The molecule has 5 aromatic rings. The average Bonchev–Trinajstić information content (AvgIpc) is 3.37. The second-order valence-electron chi connectivity index (χ2n) is 9.18. The van der Waals surface area contributed by atoms with Gasteiger partial charge in [-0.2, -0.15) is 15.2 Å². The average molecular weight is 530 g/mol. The van der Waals surface area contributed by atoms with Crippen LogP contribution in [0.1, 0.15) is 27.8 Å². The van der Waals surface area contributed by atoms with Crippen LogP contribution in [0.3, 0.4) is 0 Å². The second-order valence-corrected chi connectivity index (χ2v) is 9.18. The van der Waals surface area contributed by atoms with Crippen LogP contribution in [0.15, 0.2) is 73.1 Å². The molecule has 2 aromatic heterocycles. The first-order chi connectivity index (χ1) is 19.5. The number of allylic oxidation sites excluding steroid dienone is 1. The summed E-state index contributed by atoms with van der Waals surface area (Å²) >= 11 is 0. The summed E-state index contributed by atoms with van der Waals surface area (Å²) in [4.78, 5) is 14.0. The van der Waals surface area contributed by atoms with E-state index in [-0.39, 0.29) is 0 Å². The Bertz CT molecular complexity index is 1730. The van der Waals surface area contributed by atoms with E-state index in [1.807, 2.05) is 85.1 Å². The lowest BCUT2D eigenvalue weighted by Crippen LogP contribution is -2.05. The molecule has 0 aliphatic carbocycles. The van der Waals surface area contributed by atoms with Crippen molar-refractivity contribution < 1.29 is 9.47 Å². The molecule has 9 heteroatoms. The topological polar surface area (TPSA) is 122 Å². The molecule has 2 heterocycles. The van der Waals surface area contributed by atoms with E-state index < -0.39 is 0 Å². The van der Waals surface area contributed by atoms with Crippen LogP contribution in [0.5, 0.6) is 17.4 Å². The quantitative estimate of drug-likeness (QED) is 0.164. The second kappa shape index (κ2) is 11.5. The molecule has 5 rings (SSSR count). The highest BCUT2D eigenvalue weighted by Gasteiger charge is 2.18. The Morgan fingerprint density at radius 2 is 1.73 bits per heavy atom. The number of aryl methyl sites for hydroxylation is 2. The number of methoxy groups -OCH3 is 1. The van der Waals surface area contributed by atoms with Gasteiger partial charge in [-0.05, 0) is 84.1 Å². The molecule has 0 aliphatic heterocycles. The molecular weight excluding hydrogens is 502 g/mol. The van der Waals surface area contributed by atoms with Gasteiger partial charge >= 0.3 is 0 Å². The molecule has 0 atom stereocenters. The van der Waals surface area contributed by atoms with Crippen molar-refractivity contribution in [3.63, 3.8) is 0 Å². The largest absolute Gasteiger partial charge is 0.497 e. The van der Waals surface area contributed by atoms with Crippen molar-refractivity contribution in [3.8, 4) is 23.4 Å². The standard InChI is InChI=1S/C31H27N7O2/c1-20-15-24(5-4-14-32)16-21(2)28(20)40-30-27-29(34-19-38(27)18-23-8-12-26(39-3)13-9-23)36-31(37-30)35-25-10-6-22(17-33)7-11-25/h4-13,15-17,19,33H,18H2,1-3H3,(H,35,36,37)/b5-4+,33-17?. The minimum atomic E-state index is 0.337. The number of benzene rings is 3. The minimum absolute atomic E-state index is 0.337. The van der Waals surface area contributed by atoms with Crippen molar-refractivity contribution in [2.75, 3.05) is 12.4 Å². The number of anilines is 2. The van der Waals surface area contributed by atoms with Gasteiger partial charge in [0.15, 0.2) is 11.2 Å². The molecule has 9 nitrogen and oxygen atoms in total. The van der Waals surface area contributed by atoms with E-state index in [4.69, 9.17) is 25.1 Å². The Morgan fingerprint density at radius 3 is 2.38 bits per heavy atom. The van der Waals surface area contributed by atoms with Crippen LogP contribution in [0, 0.1) is 30.6 Å². The number of aromatic nitrogens is 4. The molecule has 0 aliphatic rings. The zero-order valence-electron chi connectivity index (χ0n) is 22.3. The molecule has 0 fully saturated rings. The zero-order chi connectivity index (χ0) is 28.1. The van der Waals surface area contributed by atoms with Crippen LogP contribution < -0.4 is 14.8 Å². The summed E-state index contributed by atoms with van der Waals surface area (Å²) in [6, 6.07) is 21.2. The van der Waals surface area contributed by atoms with Gasteiger partial charge < -0.3 is 24.8 Å². The summed E-state index contributed by atoms with van der Waals surface area (Å²) in [5.41, 5.74) is 6.49. The highest BCUT2D eigenvalue weighted by atomic mass is 16.5. The van der Waals surface area contributed by atoms with Gasteiger partial charge in [-0.1, -0.05) is 24.3 Å². The van der Waals surface area contributed by atoms with E-state index in [0.29, 0.717) is 35.3 Å². The lowest BCUT2D eigenvalue weighted by Gasteiger charge is -2.15. The predicted octanol–water partition coefficient (Wildman–Crippen LogP) is 6.57. The van der Waals surface area contributed by atoms with Gasteiger partial charge in [0.2, 0.25) is 5.95 Å². The number of imidazole rings is 1. The Balaban J connectivity index is 1.57. The first-order valence-electron chi connectivity index (χ1n) is 12.6. The number of rotatable bonds is 9. The zero-order valence-corrected chi connectivity index (χ0v) is 22.3. The maximum absolute atomic E-state index is 8.91. The summed E-state index contributed by atoms with van der Waals surface area (Å²) in [6.45, 7) is 4.46. The number of fused-ring (bicyclic) bond motifs is 1. The molecule has 3 aromatic carbocycles. The third kappa shape index (κ3) is 5.66. The van der Waals surface area contributed by atoms with Gasteiger partial charge in [0.25, 0.3) is 5.88 Å². The molecule has 2 N–H and O–H groups in total. The molecule has 0 unspecified atom stereocenters. The molecule has 0 spiro atoms. The number of hydrogen-bond donors (Lipinski definition) is 2. The molecule has 0 saturated heterocycles. The van der Waals surface area contributed by atoms with E-state index in [0.717, 1.165) is 39.3 Å². The number of hydrogen-bond acceptors (Lipinski definition) is 8. The Hall–Kier alpha value is -5.49. The van der Waals surface area contributed by atoms with Gasteiger partial charge in [0, 0.05) is 24.5 Å². The third-order valence-electron chi connectivity index (χ3n) is 6.32. The maximum Gasteiger partial charge on any atom is 0.250 e. The first kappa shape index (κ1) is 26.1. The third-order valence-corrected chi connectivity index (χ3v) is 6.32. The maximum atomic E-state index is 8.91. The monoisotopic (exact) mass is 529 g/mol. The predicted molar refractivity (Wildman–Crippen MR) is 156 cm³/mol. The fourth-order valence-corrected chi connectivity index (χ4v) is 4.38. The van der Waals surface area contributed by atoms with E-state index in [9.17, 15) is 0 Å². The fraction of sp³-hybridized carbons (Fsp3) is 0.129. The summed E-state index contributed by atoms with van der Waals surface area (Å²) in [5, 5.41) is 19.6. The van der Waals surface area contributed by atoms with Crippen molar-refractivity contribution >= 4 is 35.1 Å². The van der Waals surface area contributed by atoms with Crippen LogP contribution in [0.2, 0.25) is 0 Å². The van der Waals surface area contributed by atoms with E-state index >= 15 is 0 Å². The van der Waals surface area contributed by atoms with Gasteiger partial charge in [0.05, 0.1) is 19.5 Å². The molecule has 0 bridgehead atoms. The molecule has 0 amide bonds. The molecule has 198 valence electrons. The Labute approximate surface area is 231 Å². The molecule has 0 saturated carbocycles. The SMILES string of the molecule is COc1ccc(Cn2cnc3nc(Nc4ccc(C=N)cc4)nc(Oc4c(C)cc(/C=C/C#N)cc4C)c32)cc1. The normalized spacial score (nSPS) is 10.9. The van der Waals surface area contributed by atoms with Crippen molar-refractivity contribution in [2.24, 2.45) is 0 Å². The smallest absolute Gasteiger partial charge is 0.250 e. The summed E-state index contributed by atoms with van der Waals surface area (Å²) < 4.78 is 13.8. The highest BCUT2D eigenvalue weighted by Crippen LogP contribution is 2.34. The van der Waals surface area contributed by atoms with Crippen LogP contribution in [-0.4, -0.2) is 32.8 Å². The van der Waals surface area contributed by atoms with Crippen molar-refractivity contribution in [2.45, 2.75) is 20.4 Å². The first-order valence-corrected chi connectivity index (χ1v) is 12.6. The highest BCUT2D eigenvalue weighted by molar-refractivity contribution is 5.80. The van der Waals surface area contributed by atoms with E-state index in [1.54, 1.807) is 19.5 Å². The van der Waals surface area contributed by atoms with Gasteiger partial charge in [-0.3, -0.25) is 0 Å². The van der Waals surface area contributed by atoms with Crippen LogP contribution in [0.4, 0.5) is 11.6 Å². The van der Waals surface area contributed by atoms with E-state index in [1.165, 1.54) is 12.3 Å². The summed E-state index contributed by atoms with van der Waals surface area (Å²) in [7, 11) is 1.64. The van der Waals surface area contributed by atoms with Gasteiger partial charge in [0.1, 0.15) is 11.5 Å². The van der Waals surface area contributed by atoms with Gasteiger partial charge in [-0.25, -0.2) is 4.98 Å². The van der Waals surface area contributed by atoms with Crippen LogP contribution in [-0.2, 0) is 6.54 Å². The number of ether oxygens (including phenoxy) is 2. The number of nitriles is 1. The summed E-state index contributed by atoms with van der Waals surface area (Å²) in [6.07, 6.45) is 6.24. The van der Waals surface area contributed by atoms with Crippen LogP contribution in [0.25, 0.3) is 17.2 Å². The van der Waals surface area contributed by atoms with Crippen molar-refractivity contribution in [3.05, 3.63) is 101 Å². The lowest BCUT2D eigenvalue weighted by atomic mass is 10.1. The lowest BCUT2D eigenvalue weighted by molar-refractivity contribution is 0.414.